The van der Waals surface area contributed by atoms with E-state index in [1.165, 1.54) is 12.3 Å². The number of nitrogens with zero attached hydrogens (tertiary/aromatic N) is 1. The molecule has 2 heteroatoms. The number of benzene rings is 1. The number of pyridine rings is 1. The van der Waals surface area contributed by atoms with Gasteiger partial charge in [0.15, 0.2) is 0 Å². The van der Waals surface area contributed by atoms with Crippen LogP contribution in [-0.4, -0.2) is 4.98 Å². The van der Waals surface area contributed by atoms with Crippen LogP contribution in [0.25, 0.3) is 11.1 Å². The first-order valence-electron chi connectivity index (χ1n) is 4.36. The van der Waals surface area contributed by atoms with Crippen molar-refractivity contribution in [1.82, 2.24) is 4.98 Å². The maximum absolute atomic E-state index is 12.9. The monoisotopic (exact) mass is 186 g/mol. The first kappa shape index (κ1) is 8.88. The maximum atomic E-state index is 12.9. The second-order valence-corrected chi connectivity index (χ2v) is 3.10. The van der Waals surface area contributed by atoms with Gasteiger partial charge in [0.1, 0.15) is 0 Å². The van der Waals surface area contributed by atoms with E-state index in [-0.39, 0.29) is 0 Å². The van der Waals surface area contributed by atoms with Crippen molar-refractivity contribution in [3.05, 3.63) is 54.1 Å². The predicted molar refractivity (Wildman–Crippen MR) is 53.2 cm³/mol. The lowest BCUT2D eigenvalue weighted by atomic mass is 10.0. The number of aromatic nitrogens is 1. The molecular formula is C12H9FN. The molecule has 1 aromatic carbocycles. The van der Waals surface area contributed by atoms with Crippen molar-refractivity contribution in [3.8, 4) is 11.1 Å². The molecule has 0 saturated heterocycles. The van der Waals surface area contributed by atoms with Gasteiger partial charge < -0.3 is 0 Å². The zero-order chi connectivity index (χ0) is 9.97. The molecule has 0 atom stereocenters. The summed E-state index contributed by atoms with van der Waals surface area (Å²) in [7, 11) is 0. The minimum atomic E-state index is -0.459. The second-order valence-electron chi connectivity index (χ2n) is 3.10. The second kappa shape index (κ2) is 3.58. The zero-order valence-electron chi connectivity index (χ0n) is 7.79. The molecule has 0 fully saturated rings. The molecule has 2 aromatic rings. The van der Waals surface area contributed by atoms with E-state index in [0.29, 0.717) is 0 Å². The molecule has 0 amide bonds. The SMILES string of the molecule is Cc1ccc[c]c1-c1ccnc(F)c1. The third-order valence-electron chi connectivity index (χ3n) is 2.08. The number of halogens is 1. The Morgan fingerprint density at radius 3 is 2.93 bits per heavy atom. The molecule has 0 aliphatic heterocycles. The van der Waals surface area contributed by atoms with Crippen LogP contribution in [0, 0.1) is 18.9 Å². The van der Waals surface area contributed by atoms with Gasteiger partial charge in [-0.1, -0.05) is 18.2 Å². The Morgan fingerprint density at radius 2 is 2.21 bits per heavy atom. The number of rotatable bonds is 1. The van der Waals surface area contributed by atoms with Gasteiger partial charge in [0.25, 0.3) is 0 Å². The summed E-state index contributed by atoms with van der Waals surface area (Å²) in [5.74, 6) is -0.459. The van der Waals surface area contributed by atoms with Gasteiger partial charge in [0.2, 0.25) is 5.95 Å². The first-order chi connectivity index (χ1) is 6.77. The van der Waals surface area contributed by atoms with Crippen molar-refractivity contribution in [2.45, 2.75) is 6.92 Å². The number of hydrogen-bond donors (Lipinski definition) is 0. The van der Waals surface area contributed by atoms with Crippen molar-refractivity contribution in [1.29, 1.82) is 0 Å². The fourth-order valence-corrected chi connectivity index (χ4v) is 1.39. The Morgan fingerprint density at radius 1 is 1.36 bits per heavy atom. The van der Waals surface area contributed by atoms with Crippen molar-refractivity contribution >= 4 is 0 Å². The lowest BCUT2D eigenvalue weighted by Crippen LogP contribution is -1.86. The third-order valence-corrected chi connectivity index (χ3v) is 2.08. The van der Waals surface area contributed by atoms with Crippen molar-refractivity contribution < 1.29 is 4.39 Å². The molecule has 1 heterocycles. The largest absolute Gasteiger partial charge is 0.228 e. The van der Waals surface area contributed by atoms with Gasteiger partial charge in [-0.25, -0.2) is 4.98 Å². The molecule has 0 spiro atoms. The Bertz CT molecular complexity index is 452. The lowest BCUT2D eigenvalue weighted by Gasteiger charge is -2.03. The van der Waals surface area contributed by atoms with Crippen LogP contribution in [0.4, 0.5) is 4.39 Å². The molecule has 14 heavy (non-hydrogen) atoms. The molecule has 0 unspecified atom stereocenters. The Labute approximate surface area is 82.2 Å². The Kier molecular flexibility index (Phi) is 2.27. The van der Waals surface area contributed by atoms with Gasteiger partial charge in [0.05, 0.1) is 0 Å². The van der Waals surface area contributed by atoms with Gasteiger partial charge >= 0.3 is 0 Å². The summed E-state index contributed by atoms with van der Waals surface area (Å²) in [4.78, 5) is 3.51. The normalized spacial score (nSPS) is 10.1. The van der Waals surface area contributed by atoms with Gasteiger partial charge in [0, 0.05) is 12.3 Å². The molecule has 69 valence electrons. The molecular weight excluding hydrogens is 177 g/mol. The summed E-state index contributed by atoms with van der Waals surface area (Å²) >= 11 is 0. The van der Waals surface area contributed by atoms with Crippen LogP contribution in [0.3, 0.4) is 0 Å². The summed E-state index contributed by atoms with van der Waals surface area (Å²) in [6.45, 7) is 1.98. The molecule has 0 aliphatic rings. The fraction of sp³-hybridized carbons (Fsp3) is 0.0833. The highest BCUT2D eigenvalue weighted by Gasteiger charge is 2.02. The average Bonchev–Trinajstić information content (AvgIpc) is 2.18. The van der Waals surface area contributed by atoms with E-state index in [0.717, 1.165) is 16.7 Å². The minimum Gasteiger partial charge on any atom is -0.228 e. The fourth-order valence-electron chi connectivity index (χ4n) is 1.39. The number of hydrogen-bond acceptors (Lipinski definition) is 1. The molecule has 2 rings (SSSR count). The van der Waals surface area contributed by atoms with Gasteiger partial charge in [-0.3, -0.25) is 0 Å². The Balaban J connectivity index is 2.55. The van der Waals surface area contributed by atoms with Crippen LogP contribution < -0.4 is 0 Å². The van der Waals surface area contributed by atoms with Crippen molar-refractivity contribution in [2.24, 2.45) is 0 Å². The van der Waals surface area contributed by atoms with E-state index >= 15 is 0 Å². The topological polar surface area (TPSA) is 12.9 Å². The molecule has 1 radical (unpaired) electrons. The number of aryl methyl sites for hydroxylation is 1. The molecule has 0 bridgehead atoms. The minimum absolute atomic E-state index is 0.459. The van der Waals surface area contributed by atoms with E-state index in [2.05, 4.69) is 11.1 Å². The summed E-state index contributed by atoms with van der Waals surface area (Å²) in [5, 5.41) is 0. The summed E-state index contributed by atoms with van der Waals surface area (Å²) in [6.07, 6.45) is 1.46. The molecule has 1 nitrogen and oxygen atoms in total. The first-order valence-corrected chi connectivity index (χ1v) is 4.36. The highest BCUT2D eigenvalue weighted by atomic mass is 19.1. The van der Waals surface area contributed by atoms with Crippen molar-refractivity contribution in [2.75, 3.05) is 0 Å². The van der Waals surface area contributed by atoms with E-state index < -0.39 is 5.95 Å². The van der Waals surface area contributed by atoms with Crippen LogP contribution in [0.1, 0.15) is 5.56 Å². The molecule has 1 aromatic heterocycles. The molecule has 0 aliphatic carbocycles. The standard InChI is InChI=1S/C12H9FN/c1-9-4-2-3-5-11(9)10-6-7-14-12(13)8-10/h2-4,6-8H,1H3. The van der Waals surface area contributed by atoms with Crippen molar-refractivity contribution in [3.63, 3.8) is 0 Å². The summed E-state index contributed by atoms with van der Waals surface area (Å²) < 4.78 is 12.9. The predicted octanol–water partition coefficient (Wildman–Crippen LogP) is 3.00. The van der Waals surface area contributed by atoms with Crippen LogP contribution in [0.5, 0.6) is 0 Å². The van der Waals surface area contributed by atoms with Gasteiger partial charge in [-0.2, -0.15) is 4.39 Å². The van der Waals surface area contributed by atoms with Crippen LogP contribution in [-0.2, 0) is 0 Å². The van der Waals surface area contributed by atoms with Crippen LogP contribution in [0.2, 0.25) is 0 Å². The van der Waals surface area contributed by atoms with Gasteiger partial charge in [-0.05, 0) is 35.7 Å². The van der Waals surface area contributed by atoms with E-state index in [1.54, 1.807) is 6.07 Å². The molecule has 0 saturated carbocycles. The lowest BCUT2D eigenvalue weighted by molar-refractivity contribution is 0.584. The van der Waals surface area contributed by atoms with Gasteiger partial charge in [-0.15, -0.1) is 0 Å². The van der Waals surface area contributed by atoms with Crippen LogP contribution >= 0.6 is 0 Å². The summed E-state index contributed by atoms with van der Waals surface area (Å²) in [6, 6.07) is 12.0. The van der Waals surface area contributed by atoms with Crippen LogP contribution in [0.15, 0.2) is 36.5 Å². The Hall–Kier alpha value is -1.70. The van der Waals surface area contributed by atoms with E-state index in [1.807, 2.05) is 25.1 Å². The maximum Gasteiger partial charge on any atom is 0.213 e. The average molecular weight is 186 g/mol. The third kappa shape index (κ3) is 1.64. The zero-order valence-corrected chi connectivity index (χ0v) is 7.79. The summed E-state index contributed by atoms with van der Waals surface area (Å²) in [5.41, 5.74) is 2.82. The smallest absolute Gasteiger partial charge is 0.213 e. The van der Waals surface area contributed by atoms with E-state index in [9.17, 15) is 4.39 Å². The highest BCUT2D eigenvalue weighted by Crippen LogP contribution is 2.21. The molecule has 0 N–H and O–H groups in total. The van der Waals surface area contributed by atoms with E-state index in [4.69, 9.17) is 0 Å². The highest BCUT2D eigenvalue weighted by molar-refractivity contribution is 5.65. The quantitative estimate of drug-likeness (QED) is 0.624.